The zero-order chi connectivity index (χ0) is 16.8. The topological polar surface area (TPSA) is 58.6 Å². The van der Waals surface area contributed by atoms with Gasteiger partial charge >= 0.3 is 0 Å². The van der Waals surface area contributed by atoms with Gasteiger partial charge in [0.05, 0.1) is 5.92 Å². The van der Waals surface area contributed by atoms with E-state index in [1.54, 1.807) is 5.48 Å². The number of hydrogen-bond donors (Lipinski definition) is 2. The van der Waals surface area contributed by atoms with Crippen LogP contribution in [0.5, 0.6) is 11.5 Å². The molecule has 3 aromatic rings. The summed E-state index contributed by atoms with van der Waals surface area (Å²) in [5, 5.41) is 9.05. The summed E-state index contributed by atoms with van der Waals surface area (Å²) in [4.78, 5) is 12.1. The molecule has 1 unspecified atom stereocenters. The molecule has 0 heterocycles. The molecule has 0 radical (unpaired) electrons. The molecule has 2 N–H and O–H groups in total. The Bertz CT molecular complexity index is 786. The van der Waals surface area contributed by atoms with Crippen LogP contribution in [-0.4, -0.2) is 11.1 Å². The standard InChI is InChI=1S/C20H17NO3/c22-20(21-23)19(15-7-3-1-4-8-15)16-11-13-18(14-12-16)24-17-9-5-2-6-10-17/h1-14,19,23H,(H,21,22). The zero-order valence-electron chi connectivity index (χ0n) is 12.9. The van der Waals surface area contributed by atoms with E-state index < -0.39 is 11.8 Å². The molecule has 120 valence electrons. The van der Waals surface area contributed by atoms with Gasteiger partial charge in [-0.1, -0.05) is 60.7 Å². The van der Waals surface area contributed by atoms with Crippen molar-refractivity contribution in [2.24, 2.45) is 0 Å². The van der Waals surface area contributed by atoms with Gasteiger partial charge in [-0.3, -0.25) is 10.0 Å². The van der Waals surface area contributed by atoms with Crippen molar-refractivity contribution < 1.29 is 14.7 Å². The van der Waals surface area contributed by atoms with Gasteiger partial charge in [0.2, 0.25) is 0 Å². The smallest absolute Gasteiger partial charge is 0.255 e. The van der Waals surface area contributed by atoms with Crippen LogP contribution in [0.15, 0.2) is 84.9 Å². The fourth-order valence-corrected chi connectivity index (χ4v) is 2.56. The maximum atomic E-state index is 12.1. The van der Waals surface area contributed by atoms with Gasteiger partial charge in [-0.15, -0.1) is 0 Å². The Morgan fingerprint density at radius 1 is 0.750 bits per heavy atom. The van der Waals surface area contributed by atoms with Crippen molar-refractivity contribution in [3.05, 3.63) is 96.1 Å². The first-order chi connectivity index (χ1) is 11.8. The number of benzene rings is 3. The number of ether oxygens (including phenoxy) is 1. The van der Waals surface area contributed by atoms with Crippen LogP contribution in [0.3, 0.4) is 0 Å². The van der Waals surface area contributed by atoms with Gasteiger partial charge in [-0.25, -0.2) is 5.48 Å². The maximum absolute atomic E-state index is 12.1. The first-order valence-electron chi connectivity index (χ1n) is 7.59. The Labute approximate surface area is 140 Å². The molecule has 1 atom stereocenters. The molecule has 0 aliphatic heterocycles. The van der Waals surface area contributed by atoms with Crippen LogP contribution >= 0.6 is 0 Å². The molecule has 24 heavy (non-hydrogen) atoms. The van der Waals surface area contributed by atoms with Crippen LogP contribution in [0.4, 0.5) is 0 Å². The lowest BCUT2D eigenvalue weighted by molar-refractivity contribution is -0.129. The summed E-state index contributed by atoms with van der Waals surface area (Å²) in [6, 6.07) is 26.1. The third-order valence-electron chi connectivity index (χ3n) is 3.70. The molecule has 0 saturated heterocycles. The number of amides is 1. The maximum Gasteiger partial charge on any atom is 0.255 e. The minimum atomic E-state index is -0.582. The molecule has 0 aromatic heterocycles. The number of nitrogens with one attached hydrogen (secondary N) is 1. The Kier molecular flexibility index (Phi) is 4.89. The van der Waals surface area contributed by atoms with Crippen LogP contribution in [0.25, 0.3) is 0 Å². The average Bonchev–Trinajstić information content (AvgIpc) is 2.65. The molecule has 1 amide bonds. The molecule has 4 heteroatoms. The first-order valence-corrected chi connectivity index (χ1v) is 7.59. The van der Waals surface area contributed by atoms with Gasteiger partial charge < -0.3 is 4.74 Å². The van der Waals surface area contributed by atoms with Crippen LogP contribution in [0.1, 0.15) is 17.0 Å². The third-order valence-corrected chi connectivity index (χ3v) is 3.70. The van der Waals surface area contributed by atoms with E-state index in [4.69, 9.17) is 9.94 Å². The molecule has 3 aromatic carbocycles. The van der Waals surface area contributed by atoms with Crippen molar-refractivity contribution in [3.8, 4) is 11.5 Å². The van der Waals surface area contributed by atoms with Gasteiger partial charge in [0.1, 0.15) is 11.5 Å². The molecule has 0 aliphatic carbocycles. The van der Waals surface area contributed by atoms with Gasteiger partial charge in [-0.05, 0) is 35.4 Å². The van der Waals surface area contributed by atoms with E-state index in [1.807, 2.05) is 84.9 Å². The number of carbonyl (C=O) groups is 1. The van der Waals surface area contributed by atoms with E-state index in [0.717, 1.165) is 16.9 Å². The summed E-state index contributed by atoms with van der Waals surface area (Å²) < 4.78 is 5.76. The predicted octanol–water partition coefficient (Wildman–Crippen LogP) is 4.12. The number of para-hydroxylation sites is 1. The van der Waals surface area contributed by atoms with E-state index >= 15 is 0 Å². The van der Waals surface area contributed by atoms with Crippen LogP contribution in [0, 0.1) is 0 Å². The summed E-state index contributed by atoms with van der Waals surface area (Å²) in [6.07, 6.45) is 0. The second-order valence-corrected chi connectivity index (χ2v) is 5.30. The summed E-state index contributed by atoms with van der Waals surface area (Å²) in [5.74, 6) is 0.374. The predicted molar refractivity (Wildman–Crippen MR) is 91.2 cm³/mol. The van der Waals surface area contributed by atoms with E-state index in [9.17, 15) is 4.79 Å². The van der Waals surface area contributed by atoms with Gasteiger partial charge in [-0.2, -0.15) is 0 Å². The third kappa shape index (κ3) is 3.62. The summed E-state index contributed by atoms with van der Waals surface area (Å²) in [5.41, 5.74) is 3.32. The highest BCUT2D eigenvalue weighted by atomic mass is 16.5. The summed E-state index contributed by atoms with van der Waals surface area (Å²) >= 11 is 0. The molecular weight excluding hydrogens is 302 g/mol. The van der Waals surface area contributed by atoms with Crippen molar-refractivity contribution in [1.29, 1.82) is 0 Å². The van der Waals surface area contributed by atoms with E-state index in [0.29, 0.717) is 5.75 Å². The largest absolute Gasteiger partial charge is 0.457 e. The Morgan fingerprint density at radius 2 is 1.25 bits per heavy atom. The molecular formula is C20H17NO3. The van der Waals surface area contributed by atoms with Gasteiger partial charge in [0.15, 0.2) is 0 Å². The lowest BCUT2D eigenvalue weighted by Gasteiger charge is -2.16. The zero-order valence-corrected chi connectivity index (χ0v) is 12.9. The second kappa shape index (κ2) is 7.44. The highest BCUT2D eigenvalue weighted by Gasteiger charge is 2.22. The van der Waals surface area contributed by atoms with Crippen LogP contribution in [-0.2, 0) is 4.79 Å². The van der Waals surface area contributed by atoms with E-state index in [2.05, 4.69) is 0 Å². The average molecular weight is 319 g/mol. The van der Waals surface area contributed by atoms with Crippen molar-refractivity contribution in [2.75, 3.05) is 0 Å². The van der Waals surface area contributed by atoms with Crippen LogP contribution in [0.2, 0.25) is 0 Å². The minimum absolute atomic E-state index is 0.474. The molecule has 0 aliphatic rings. The van der Waals surface area contributed by atoms with Gasteiger partial charge in [0, 0.05) is 0 Å². The molecule has 0 bridgehead atoms. The lowest BCUT2D eigenvalue weighted by atomic mass is 9.91. The minimum Gasteiger partial charge on any atom is -0.457 e. The highest BCUT2D eigenvalue weighted by Crippen LogP contribution is 2.28. The van der Waals surface area contributed by atoms with Crippen molar-refractivity contribution >= 4 is 5.91 Å². The molecule has 3 rings (SSSR count). The molecule has 4 nitrogen and oxygen atoms in total. The van der Waals surface area contributed by atoms with E-state index in [1.165, 1.54) is 0 Å². The number of rotatable bonds is 5. The molecule has 0 fully saturated rings. The Hall–Kier alpha value is -3.11. The molecule has 0 spiro atoms. The Balaban J connectivity index is 1.85. The summed E-state index contributed by atoms with van der Waals surface area (Å²) in [6.45, 7) is 0. The SMILES string of the molecule is O=C(NO)C(c1ccccc1)c1ccc(Oc2ccccc2)cc1. The lowest BCUT2D eigenvalue weighted by Crippen LogP contribution is -2.27. The quantitative estimate of drug-likeness (QED) is 0.549. The van der Waals surface area contributed by atoms with Crippen molar-refractivity contribution in [1.82, 2.24) is 5.48 Å². The monoisotopic (exact) mass is 319 g/mol. The number of hydrogen-bond acceptors (Lipinski definition) is 3. The Morgan fingerprint density at radius 3 is 1.83 bits per heavy atom. The summed E-state index contributed by atoms with van der Waals surface area (Å²) in [7, 11) is 0. The highest BCUT2D eigenvalue weighted by molar-refractivity contribution is 5.86. The van der Waals surface area contributed by atoms with Crippen molar-refractivity contribution in [3.63, 3.8) is 0 Å². The fourth-order valence-electron chi connectivity index (χ4n) is 2.56. The number of carbonyl (C=O) groups excluding carboxylic acids is 1. The fraction of sp³-hybridized carbons (Fsp3) is 0.0500. The van der Waals surface area contributed by atoms with Gasteiger partial charge in [0.25, 0.3) is 5.91 Å². The number of hydroxylamine groups is 1. The van der Waals surface area contributed by atoms with Crippen molar-refractivity contribution in [2.45, 2.75) is 5.92 Å². The van der Waals surface area contributed by atoms with Crippen LogP contribution < -0.4 is 10.2 Å². The second-order valence-electron chi connectivity index (χ2n) is 5.30. The molecule has 0 saturated carbocycles. The first kappa shape index (κ1) is 15.8. The van der Waals surface area contributed by atoms with E-state index in [-0.39, 0.29) is 0 Å². The normalized spacial score (nSPS) is 11.5.